The molecule has 1 N–H and O–H groups in total. The zero-order valence-corrected chi connectivity index (χ0v) is 8.68. The predicted molar refractivity (Wildman–Crippen MR) is 49.2 cm³/mol. The van der Waals surface area contributed by atoms with E-state index in [1.807, 2.05) is 0 Å². The van der Waals surface area contributed by atoms with Crippen LogP contribution in [0.15, 0.2) is 6.20 Å². The molecule has 0 saturated heterocycles. The van der Waals surface area contributed by atoms with Crippen LogP contribution in [0.5, 0.6) is 0 Å². The van der Waals surface area contributed by atoms with Crippen LogP contribution in [-0.4, -0.2) is 35.1 Å². The number of aromatic nitrogens is 2. The van der Waals surface area contributed by atoms with Gasteiger partial charge in [-0.15, -0.1) is 5.10 Å². The first-order valence-electron chi connectivity index (χ1n) is 3.62. The third kappa shape index (κ3) is 3.79. The molecule has 0 saturated carbocycles. The molecule has 1 atom stereocenters. The molecule has 0 spiro atoms. The summed E-state index contributed by atoms with van der Waals surface area (Å²) in [5.74, 6) is -0.0218. The van der Waals surface area contributed by atoms with Crippen molar-refractivity contribution in [2.45, 2.75) is 12.5 Å². The van der Waals surface area contributed by atoms with E-state index in [-0.39, 0.29) is 12.2 Å². The van der Waals surface area contributed by atoms with Crippen molar-refractivity contribution in [1.29, 1.82) is 0 Å². The summed E-state index contributed by atoms with van der Waals surface area (Å²) in [6, 6.07) is 0. The minimum atomic E-state index is -3.01. The fraction of sp³-hybridized carbons (Fsp3) is 0.667. The quantitative estimate of drug-likeness (QED) is 0.776. The number of aliphatic hydroxyl groups is 1. The van der Waals surface area contributed by atoms with Crippen molar-refractivity contribution in [2.75, 3.05) is 12.0 Å². The molecule has 0 fully saturated rings. The number of hydrogen-bond donors (Lipinski definition) is 1. The average molecular weight is 222 g/mol. The normalized spacial score (nSPS) is 14.3. The van der Waals surface area contributed by atoms with Gasteiger partial charge in [-0.25, -0.2) is 8.42 Å². The first-order chi connectivity index (χ1) is 5.99. The molecule has 1 heterocycles. The highest BCUT2D eigenvalue weighted by Crippen LogP contribution is 2.18. The summed E-state index contributed by atoms with van der Waals surface area (Å²) in [5.41, 5.74) is 0. The lowest BCUT2D eigenvalue weighted by atomic mass is 10.2. The molecule has 0 aromatic carbocycles. The van der Waals surface area contributed by atoms with Gasteiger partial charge in [-0.2, -0.15) is 0 Å². The van der Waals surface area contributed by atoms with Crippen LogP contribution in [0.3, 0.4) is 0 Å². The highest BCUT2D eigenvalue weighted by Gasteiger charge is 2.13. The van der Waals surface area contributed by atoms with Gasteiger partial charge in [0.15, 0.2) is 0 Å². The van der Waals surface area contributed by atoms with Crippen LogP contribution in [0, 0.1) is 0 Å². The van der Waals surface area contributed by atoms with Gasteiger partial charge in [-0.1, -0.05) is 4.49 Å². The van der Waals surface area contributed by atoms with Crippen molar-refractivity contribution in [1.82, 2.24) is 9.59 Å². The summed E-state index contributed by atoms with van der Waals surface area (Å²) < 4.78 is 25.1. The lowest BCUT2D eigenvalue weighted by Crippen LogP contribution is -2.07. The number of aliphatic hydroxyl groups excluding tert-OH is 1. The van der Waals surface area contributed by atoms with Crippen LogP contribution >= 0.6 is 11.5 Å². The minimum Gasteiger partial charge on any atom is -0.387 e. The zero-order chi connectivity index (χ0) is 9.90. The third-order valence-electron chi connectivity index (χ3n) is 1.47. The molecular formula is C6H10N2O3S2. The number of hydrogen-bond acceptors (Lipinski definition) is 6. The van der Waals surface area contributed by atoms with E-state index in [0.717, 1.165) is 17.8 Å². The molecule has 0 aliphatic carbocycles. The number of sulfone groups is 1. The molecule has 0 bridgehead atoms. The molecule has 5 nitrogen and oxygen atoms in total. The van der Waals surface area contributed by atoms with E-state index in [9.17, 15) is 13.5 Å². The van der Waals surface area contributed by atoms with Crippen molar-refractivity contribution in [3.63, 3.8) is 0 Å². The van der Waals surface area contributed by atoms with E-state index >= 15 is 0 Å². The highest BCUT2D eigenvalue weighted by atomic mass is 32.2. The van der Waals surface area contributed by atoms with Gasteiger partial charge in [0.25, 0.3) is 0 Å². The van der Waals surface area contributed by atoms with Gasteiger partial charge < -0.3 is 5.11 Å². The van der Waals surface area contributed by atoms with Crippen LogP contribution in [-0.2, 0) is 9.84 Å². The van der Waals surface area contributed by atoms with Gasteiger partial charge in [0.05, 0.1) is 22.9 Å². The smallest absolute Gasteiger partial charge is 0.147 e. The fourth-order valence-corrected chi connectivity index (χ4v) is 1.96. The second-order valence-corrected chi connectivity index (χ2v) is 5.83. The maximum atomic E-state index is 10.8. The SMILES string of the molecule is CS(=O)(=O)CCC(O)c1cnns1. The Hall–Kier alpha value is -0.530. The molecule has 0 radical (unpaired) electrons. The topological polar surface area (TPSA) is 80.2 Å². The van der Waals surface area contributed by atoms with Gasteiger partial charge in [-0.3, -0.25) is 0 Å². The number of nitrogens with zero attached hydrogens (tertiary/aromatic N) is 2. The highest BCUT2D eigenvalue weighted by molar-refractivity contribution is 7.90. The molecule has 0 aliphatic rings. The van der Waals surface area contributed by atoms with E-state index < -0.39 is 15.9 Å². The van der Waals surface area contributed by atoms with Gasteiger partial charge in [0.2, 0.25) is 0 Å². The molecule has 13 heavy (non-hydrogen) atoms. The summed E-state index contributed by atoms with van der Waals surface area (Å²) in [6.07, 6.45) is 2.01. The predicted octanol–water partition coefficient (Wildman–Crippen LogP) is 0.00620. The average Bonchev–Trinajstić information content (AvgIpc) is 2.50. The van der Waals surface area contributed by atoms with Crippen LogP contribution < -0.4 is 0 Å². The maximum Gasteiger partial charge on any atom is 0.147 e. The van der Waals surface area contributed by atoms with Crippen molar-refractivity contribution >= 4 is 21.4 Å². The second kappa shape index (κ2) is 4.12. The van der Waals surface area contributed by atoms with Gasteiger partial charge >= 0.3 is 0 Å². The summed E-state index contributed by atoms with van der Waals surface area (Å²) >= 11 is 1.08. The molecule has 1 rings (SSSR count). The fourth-order valence-electron chi connectivity index (χ4n) is 0.790. The zero-order valence-electron chi connectivity index (χ0n) is 7.04. The third-order valence-corrected chi connectivity index (χ3v) is 3.21. The summed E-state index contributed by atoms with van der Waals surface area (Å²) in [6.45, 7) is 0. The van der Waals surface area contributed by atoms with Gasteiger partial charge in [-0.05, 0) is 18.0 Å². The maximum absolute atomic E-state index is 10.8. The van der Waals surface area contributed by atoms with E-state index in [0.29, 0.717) is 4.88 Å². The number of rotatable bonds is 4. The monoisotopic (exact) mass is 222 g/mol. The lowest BCUT2D eigenvalue weighted by Gasteiger charge is -2.04. The molecule has 7 heteroatoms. The summed E-state index contributed by atoms with van der Waals surface area (Å²) in [4.78, 5) is 0.601. The van der Waals surface area contributed by atoms with Crippen molar-refractivity contribution in [2.24, 2.45) is 0 Å². The van der Waals surface area contributed by atoms with Crippen LogP contribution in [0.2, 0.25) is 0 Å². The summed E-state index contributed by atoms with van der Waals surface area (Å²) in [7, 11) is -3.01. The Labute approximate surface area is 80.5 Å². The van der Waals surface area contributed by atoms with Crippen LogP contribution in [0.25, 0.3) is 0 Å². The molecule has 1 unspecified atom stereocenters. The Kier molecular flexibility index (Phi) is 3.34. The Bertz CT molecular complexity index is 346. The molecular weight excluding hydrogens is 212 g/mol. The Morgan fingerprint density at radius 1 is 1.69 bits per heavy atom. The Morgan fingerprint density at radius 3 is 2.85 bits per heavy atom. The van der Waals surface area contributed by atoms with Gasteiger partial charge in [0.1, 0.15) is 9.84 Å². The van der Waals surface area contributed by atoms with Crippen molar-refractivity contribution in [3.05, 3.63) is 11.1 Å². The van der Waals surface area contributed by atoms with Crippen molar-refractivity contribution < 1.29 is 13.5 Å². The van der Waals surface area contributed by atoms with E-state index in [1.165, 1.54) is 6.20 Å². The van der Waals surface area contributed by atoms with E-state index in [4.69, 9.17) is 0 Å². The molecule has 1 aromatic heterocycles. The van der Waals surface area contributed by atoms with Crippen LogP contribution in [0.4, 0.5) is 0 Å². The molecule has 74 valence electrons. The van der Waals surface area contributed by atoms with Crippen LogP contribution in [0.1, 0.15) is 17.4 Å². The standard InChI is InChI=1S/C6H10N2O3S2/c1-13(10,11)3-2-5(9)6-4-7-8-12-6/h4-5,9H,2-3H2,1H3. The lowest BCUT2D eigenvalue weighted by molar-refractivity contribution is 0.178. The van der Waals surface area contributed by atoms with Crippen molar-refractivity contribution in [3.8, 4) is 0 Å². The largest absolute Gasteiger partial charge is 0.387 e. The molecule has 0 aliphatic heterocycles. The first kappa shape index (κ1) is 10.6. The molecule has 0 amide bonds. The second-order valence-electron chi connectivity index (χ2n) is 2.75. The molecule has 1 aromatic rings. The van der Waals surface area contributed by atoms with Gasteiger partial charge in [0, 0.05) is 6.26 Å². The summed E-state index contributed by atoms with van der Waals surface area (Å²) in [5, 5.41) is 13.0. The Morgan fingerprint density at radius 2 is 2.38 bits per heavy atom. The minimum absolute atomic E-state index is 0.0218. The first-order valence-corrected chi connectivity index (χ1v) is 6.45. The Balaban J connectivity index is 2.48. The van der Waals surface area contributed by atoms with E-state index in [1.54, 1.807) is 0 Å². The van der Waals surface area contributed by atoms with E-state index in [2.05, 4.69) is 9.59 Å².